The number of nitrogens with one attached hydrogen (secondary N) is 3. The summed E-state index contributed by atoms with van der Waals surface area (Å²) in [6, 6.07) is 19.9. The first-order valence-electron chi connectivity index (χ1n) is 11.0. The van der Waals surface area contributed by atoms with E-state index in [-0.39, 0.29) is 37.8 Å². The highest BCUT2D eigenvalue weighted by molar-refractivity contribution is 6.07. The summed E-state index contributed by atoms with van der Waals surface area (Å²) in [5.41, 5.74) is 2.96. The third-order valence-corrected chi connectivity index (χ3v) is 5.12. The second-order valence-corrected chi connectivity index (χ2v) is 7.54. The van der Waals surface area contributed by atoms with Crippen molar-refractivity contribution in [1.29, 1.82) is 0 Å². The van der Waals surface area contributed by atoms with Crippen LogP contribution in [-0.2, 0) is 14.3 Å². The molecule has 0 spiro atoms. The van der Waals surface area contributed by atoms with Crippen LogP contribution in [0.5, 0.6) is 0 Å². The lowest BCUT2D eigenvalue weighted by Crippen LogP contribution is -2.28. The molecule has 4 rings (SSSR count). The van der Waals surface area contributed by atoms with Crippen molar-refractivity contribution < 1.29 is 23.9 Å². The molecule has 0 atom stereocenters. The Labute approximate surface area is 201 Å². The number of rotatable bonds is 11. The molecule has 0 aliphatic rings. The van der Waals surface area contributed by atoms with E-state index >= 15 is 0 Å². The predicted octanol–water partition coefficient (Wildman–Crippen LogP) is 3.83. The van der Waals surface area contributed by atoms with Crippen molar-refractivity contribution in [1.82, 2.24) is 15.3 Å². The number of ketones is 1. The predicted molar refractivity (Wildman–Crippen MR) is 130 cm³/mol. The molecule has 2 aromatic heterocycles. The smallest absolute Gasteiger partial charge is 0.358 e. The van der Waals surface area contributed by atoms with Crippen LogP contribution in [0.3, 0.4) is 0 Å². The monoisotopic (exact) mass is 472 g/mol. The van der Waals surface area contributed by atoms with Crippen LogP contribution < -0.4 is 10.6 Å². The summed E-state index contributed by atoms with van der Waals surface area (Å²) in [6.07, 6.45) is 3.39. The zero-order valence-electron chi connectivity index (χ0n) is 18.8. The largest absolute Gasteiger partial charge is 0.464 e. The Morgan fingerprint density at radius 2 is 1.63 bits per heavy atom. The molecule has 4 aromatic rings. The van der Waals surface area contributed by atoms with Crippen molar-refractivity contribution in [3.63, 3.8) is 0 Å². The SMILES string of the molecule is O=C(CNCOC(=O)c1[nH]c2ccccc2c1Nc1ccncc1)OCCC(=O)c1ccccc1. The molecule has 2 aromatic carbocycles. The van der Waals surface area contributed by atoms with Gasteiger partial charge in [0, 0.05) is 41.0 Å². The van der Waals surface area contributed by atoms with Gasteiger partial charge in [0.05, 0.1) is 18.8 Å². The highest BCUT2D eigenvalue weighted by Crippen LogP contribution is 2.30. The highest BCUT2D eigenvalue weighted by Gasteiger charge is 2.19. The number of ether oxygens (including phenoxy) is 2. The third kappa shape index (κ3) is 6.30. The maximum Gasteiger partial charge on any atom is 0.358 e. The number of pyridine rings is 1. The van der Waals surface area contributed by atoms with Crippen molar-refractivity contribution in [2.24, 2.45) is 0 Å². The number of anilines is 2. The second-order valence-electron chi connectivity index (χ2n) is 7.54. The molecule has 0 saturated heterocycles. The minimum atomic E-state index is -0.591. The number of Topliss-reactive ketones (excluding diaryl/α,β-unsaturated/α-hetero) is 1. The van der Waals surface area contributed by atoms with Crippen LogP contribution in [-0.4, -0.2) is 47.6 Å². The summed E-state index contributed by atoms with van der Waals surface area (Å²) in [5, 5.41) is 6.78. The second kappa shape index (κ2) is 11.6. The number of aromatic amines is 1. The van der Waals surface area contributed by atoms with E-state index in [0.29, 0.717) is 11.3 Å². The zero-order valence-corrected chi connectivity index (χ0v) is 18.8. The molecule has 9 heteroatoms. The number of para-hydroxylation sites is 1. The van der Waals surface area contributed by atoms with Gasteiger partial charge in [0.2, 0.25) is 0 Å². The first-order valence-corrected chi connectivity index (χ1v) is 11.0. The van der Waals surface area contributed by atoms with Gasteiger partial charge < -0.3 is 19.8 Å². The molecule has 0 fully saturated rings. The molecule has 0 radical (unpaired) electrons. The van der Waals surface area contributed by atoms with Gasteiger partial charge in [0.25, 0.3) is 0 Å². The van der Waals surface area contributed by atoms with Crippen LogP contribution in [0.1, 0.15) is 27.3 Å². The zero-order chi connectivity index (χ0) is 24.5. The number of aromatic nitrogens is 2. The van der Waals surface area contributed by atoms with Gasteiger partial charge in [0.15, 0.2) is 5.78 Å². The molecular weight excluding hydrogens is 448 g/mol. The number of H-pyrrole nitrogens is 1. The standard InChI is InChI=1S/C26H24N4O5/c31-22(18-6-2-1-3-7-18)12-15-34-23(32)16-28-17-35-26(33)25-24(29-19-10-13-27-14-11-19)20-8-4-5-9-21(20)30-25/h1-11,13-14,28,30H,12,15-17H2,(H,27,29). The fourth-order valence-electron chi connectivity index (χ4n) is 3.42. The van der Waals surface area contributed by atoms with Crippen LogP contribution >= 0.6 is 0 Å². The molecule has 0 saturated carbocycles. The number of carbonyl (C=O) groups excluding carboxylic acids is 3. The summed E-state index contributed by atoms with van der Waals surface area (Å²) in [7, 11) is 0. The molecule has 0 bridgehead atoms. The fraction of sp³-hybridized carbons (Fsp3) is 0.154. The fourth-order valence-corrected chi connectivity index (χ4v) is 3.42. The Hall–Kier alpha value is -4.50. The van der Waals surface area contributed by atoms with Gasteiger partial charge >= 0.3 is 11.9 Å². The lowest BCUT2D eigenvalue weighted by atomic mass is 10.1. The number of fused-ring (bicyclic) bond motifs is 1. The molecule has 0 aliphatic carbocycles. The van der Waals surface area contributed by atoms with Crippen molar-refractivity contribution in [3.05, 3.63) is 90.4 Å². The summed E-state index contributed by atoms with van der Waals surface area (Å²) in [6.45, 7) is -0.379. The van der Waals surface area contributed by atoms with Gasteiger partial charge in [-0.3, -0.25) is 19.9 Å². The first kappa shape index (κ1) is 23.7. The molecule has 0 aliphatic heterocycles. The number of hydrogen-bond acceptors (Lipinski definition) is 8. The topological polar surface area (TPSA) is 122 Å². The maximum atomic E-state index is 12.8. The Balaban J connectivity index is 1.26. The van der Waals surface area contributed by atoms with Gasteiger partial charge in [-0.15, -0.1) is 0 Å². The number of hydrogen-bond donors (Lipinski definition) is 3. The van der Waals surface area contributed by atoms with E-state index in [9.17, 15) is 14.4 Å². The van der Waals surface area contributed by atoms with Crippen LogP contribution in [0.2, 0.25) is 0 Å². The van der Waals surface area contributed by atoms with E-state index in [1.807, 2.05) is 30.3 Å². The van der Waals surface area contributed by atoms with E-state index in [0.717, 1.165) is 16.6 Å². The third-order valence-electron chi connectivity index (χ3n) is 5.12. The molecule has 9 nitrogen and oxygen atoms in total. The molecule has 0 unspecified atom stereocenters. The van der Waals surface area contributed by atoms with Crippen LogP contribution in [0.4, 0.5) is 11.4 Å². The van der Waals surface area contributed by atoms with E-state index < -0.39 is 11.9 Å². The van der Waals surface area contributed by atoms with E-state index in [1.165, 1.54) is 0 Å². The molecular formula is C26H24N4O5. The van der Waals surface area contributed by atoms with Gasteiger partial charge in [0.1, 0.15) is 12.4 Å². The molecule has 178 valence electrons. The average molecular weight is 473 g/mol. The summed E-state index contributed by atoms with van der Waals surface area (Å²) in [5.74, 6) is -1.24. The van der Waals surface area contributed by atoms with Crippen LogP contribution in [0, 0.1) is 0 Å². The first-order chi connectivity index (χ1) is 17.1. The van der Waals surface area contributed by atoms with E-state index in [1.54, 1.807) is 48.8 Å². The summed E-state index contributed by atoms with van der Waals surface area (Å²) in [4.78, 5) is 43.8. The maximum absolute atomic E-state index is 12.8. The van der Waals surface area contributed by atoms with Crippen LogP contribution in [0.15, 0.2) is 79.1 Å². The number of nitrogens with zero attached hydrogens (tertiary/aromatic N) is 1. The number of benzene rings is 2. The Morgan fingerprint density at radius 3 is 2.43 bits per heavy atom. The number of carbonyl (C=O) groups is 3. The molecule has 35 heavy (non-hydrogen) atoms. The van der Waals surface area contributed by atoms with Crippen molar-refractivity contribution in [3.8, 4) is 0 Å². The van der Waals surface area contributed by atoms with Gasteiger partial charge in [-0.05, 0) is 18.2 Å². The van der Waals surface area contributed by atoms with Crippen molar-refractivity contribution in [2.45, 2.75) is 6.42 Å². The van der Waals surface area contributed by atoms with Gasteiger partial charge in [-0.1, -0.05) is 48.5 Å². The van der Waals surface area contributed by atoms with E-state index in [4.69, 9.17) is 9.47 Å². The number of esters is 2. The normalized spacial score (nSPS) is 10.6. The van der Waals surface area contributed by atoms with E-state index in [2.05, 4.69) is 20.6 Å². The summed E-state index contributed by atoms with van der Waals surface area (Å²) < 4.78 is 10.4. The van der Waals surface area contributed by atoms with Crippen LogP contribution in [0.25, 0.3) is 10.9 Å². The minimum Gasteiger partial charge on any atom is -0.464 e. The molecule has 0 amide bonds. The minimum absolute atomic E-state index is 0.0207. The molecule has 3 N–H and O–H groups in total. The average Bonchev–Trinajstić information content (AvgIpc) is 3.26. The highest BCUT2D eigenvalue weighted by atomic mass is 16.5. The molecule has 2 heterocycles. The quantitative estimate of drug-likeness (QED) is 0.130. The van der Waals surface area contributed by atoms with Crippen molar-refractivity contribution in [2.75, 3.05) is 25.2 Å². The van der Waals surface area contributed by atoms with Crippen molar-refractivity contribution >= 4 is 40.0 Å². The summed E-state index contributed by atoms with van der Waals surface area (Å²) >= 11 is 0. The Morgan fingerprint density at radius 1 is 0.886 bits per heavy atom. The Kier molecular flexibility index (Phi) is 7.82. The van der Waals surface area contributed by atoms with Gasteiger partial charge in [-0.25, -0.2) is 4.79 Å². The lowest BCUT2D eigenvalue weighted by molar-refractivity contribution is -0.142. The Bertz CT molecular complexity index is 1310. The lowest BCUT2D eigenvalue weighted by Gasteiger charge is -2.09. The van der Waals surface area contributed by atoms with Gasteiger partial charge in [-0.2, -0.15) is 0 Å².